The molecule has 244 valence electrons. The largest absolute Gasteiger partial charge is 0.369 e. The third-order valence-corrected chi connectivity index (χ3v) is 9.40. The van der Waals surface area contributed by atoms with Crippen molar-refractivity contribution in [2.75, 3.05) is 4.90 Å². The lowest BCUT2D eigenvalue weighted by atomic mass is 9.81. The standard InChI is InChI=1S/C39H41Cl2N3O3/c1-4-5-13-32(37(42)45)33(20-24(2)3)38(46)43-36-31-16-7-6-14-29(31)30-15-8-9-17-35(30)44(39(36)47)23-25-11-10-12-26(21-25)28-19-18-27(40)22-34(28)41/h6-12,14-19,21-22,24,32-33,36H,4-5,13,20,23H2,1-3H3,(H2,42,45)(H,43,46). The zero-order valence-corrected chi connectivity index (χ0v) is 28.5. The number of anilines is 1. The molecule has 1 aliphatic heterocycles. The maximum absolute atomic E-state index is 14.8. The van der Waals surface area contributed by atoms with Gasteiger partial charge in [-0.25, -0.2) is 0 Å². The summed E-state index contributed by atoms with van der Waals surface area (Å²) >= 11 is 12.7. The van der Waals surface area contributed by atoms with Crippen LogP contribution in [0, 0.1) is 17.8 Å². The Morgan fingerprint density at radius 3 is 2.30 bits per heavy atom. The molecule has 47 heavy (non-hydrogen) atoms. The number of carbonyl (C=O) groups is 3. The number of carbonyl (C=O) groups excluding carboxylic acids is 3. The molecule has 4 aromatic rings. The summed E-state index contributed by atoms with van der Waals surface area (Å²) in [5.74, 6) is -2.21. The van der Waals surface area contributed by atoms with Crippen molar-refractivity contribution in [2.45, 2.75) is 59.0 Å². The van der Waals surface area contributed by atoms with Crippen LogP contribution in [0.25, 0.3) is 22.3 Å². The van der Waals surface area contributed by atoms with Crippen molar-refractivity contribution in [3.8, 4) is 22.3 Å². The molecule has 1 aliphatic rings. The van der Waals surface area contributed by atoms with Crippen LogP contribution in [0.3, 0.4) is 0 Å². The first-order valence-electron chi connectivity index (χ1n) is 16.2. The Balaban J connectivity index is 1.55. The zero-order chi connectivity index (χ0) is 33.7. The van der Waals surface area contributed by atoms with Crippen LogP contribution >= 0.6 is 23.2 Å². The van der Waals surface area contributed by atoms with Gasteiger partial charge in [-0.1, -0.05) is 124 Å². The molecule has 3 unspecified atom stereocenters. The predicted molar refractivity (Wildman–Crippen MR) is 191 cm³/mol. The number of benzene rings is 4. The molecule has 6 nitrogen and oxygen atoms in total. The molecule has 0 fully saturated rings. The molecule has 4 aromatic carbocycles. The Morgan fingerprint density at radius 2 is 1.60 bits per heavy atom. The van der Waals surface area contributed by atoms with Gasteiger partial charge in [0.05, 0.1) is 12.2 Å². The fourth-order valence-electron chi connectivity index (χ4n) is 6.56. The Hall–Kier alpha value is -4.13. The van der Waals surface area contributed by atoms with Gasteiger partial charge in [-0.3, -0.25) is 14.4 Å². The van der Waals surface area contributed by atoms with Gasteiger partial charge in [0.25, 0.3) is 5.91 Å². The first kappa shape index (κ1) is 34.2. The average Bonchev–Trinajstić information content (AvgIpc) is 3.13. The van der Waals surface area contributed by atoms with Gasteiger partial charge in [-0.15, -0.1) is 0 Å². The van der Waals surface area contributed by atoms with E-state index >= 15 is 0 Å². The second kappa shape index (κ2) is 15.2. The van der Waals surface area contributed by atoms with E-state index < -0.39 is 23.8 Å². The van der Waals surface area contributed by atoms with E-state index in [1.54, 1.807) is 17.0 Å². The van der Waals surface area contributed by atoms with E-state index in [4.69, 9.17) is 28.9 Å². The van der Waals surface area contributed by atoms with E-state index in [0.29, 0.717) is 28.5 Å². The fraction of sp³-hybridized carbons (Fsp3) is 0.308. The molecule has 0 bridgehead atoms. The summed E-state index contributed by atoms with van der Waals surface area (Å²) in [7, 11) is 0. The van der Waals surface area contributed by atoms with Crippen molar-refractivity contribution in [1.82, 2.24) is 5.32 Å². The minimum atomic E-state index is -0.977. The van der Waals surface area contributed by atoms with Crippen LogP contribution in [0.2, 0.25) is 10.0 Å². The SMILES string of the molecule is CCCCC(C(N)=O)C(CC(C)C)C(=O)NC1C(=O)N(Cc2cccc(-c3ccc(Cl)cc3Cl)c2)c2ccccc2-c2ccccc21. The van der Waals surface area contributed by atoms with Crippen molar-refractivity contribution in [3.05, 3.63) is 112 Å². The summed E-state index contributed by atoms with van der Waals surface area (Å²) < 4.78 is 0. The molecule has 0 radical (unpaired) electrons. The number of rotatable bonds is 12. The van der Waals surface area contributed by atoms with Crippen molar-refractivity contribution in [1.29, 1.82) is 0 Å². The first-order chi connectivity index (χ1) is 22.6. The van der Waals surface area contributed by atoms with Gasteiger partial charge in [0, 0.05) is 33.0 Å². The van der Waals surface area contributed by atoms with Crippen LogP contribution in [-0.4, -0.2) is 17.7 Å². The zero-order valence-electron chi connectivity index (χ0n) is 27.0. The van der Waals surface area contributed by atoms with E-state index in [2.05, 4.69) is 5.32 Å². The number of nitrogens with one attached hydrogen (secondary N) is 1. The molecule has 8 heteroatoms. The smallest absolute Gasteiger partial charge is 0.254 e. The summed E-state index contributed by atoms with van der Waals surface area (Å²) in [6.07, 6.45) is 2.67. The van der Waals surface area contributed by atoms with Gasteiger partial charge in [0.1, 0.15) is 6.04 Å². The molecule has 3 N–H and O–H groups in total. The van der Waals surface area contributed by atoms with Gasteiger partial charge in [0.15, 0.2) is 0 Å². The minimum absolute atomic E-state index is 0.147. The lowest BCUT2D eigenvalue weighted by molar-refractivity contribution is -0.136. The number of primary amides is 1. The van der Waals surface area contributed by atoms with Crippen molar-refractivity contribution < 1.29 is 14.4 Å². The maximum Gasteiger partial charge on any atom is 0.254 e. The van der Waals surface area contributed by atoms with Crippen LogP contribution in [-0.2, 0) is 20.9 Å². The summed E-state index contributed by atoms with van der Waals surface area (Å²) in [5, 5.41) is 4.20. The number of fused-ring (bicyclic) bond motifs is 3. The summed E-state index contributed by atoms with van der Waals surface area (Å²) in [6.45, 7) is 6.34. The van der Waals surface area contributed by atoms with Crippen LogP contribution < -0.4 is 16.0 Å². The third-order valence-electron chi connectivity index (χ3n) is 8.85. The number of unbranched alkanes of at least 4 members (excludes halogenated alkanes) is 1. The van der Waals surface area contributed by atoms with Gasteiger partial charge in [-0.2, -0.15) is 0 Å². The molecule has 0 aromatic heterocycles. The number of amides is 3. The van der Waals surface area contributed by atoms with Crippen molar-refractivity contribution in [3.63, 3.8) is 0 Å². The van der Waals surface area contributed by atoms with E-state index in [1.165, 1.54) is 0 Å². The highest BCUT2D eigenvalue weighted by Crippen LogP contribution is 2.41. The highest BCUT2D eigenvalue weighted by Gasteiger charge is 2.39. The van der Waals surface area contributed by atoms with Gasteiger partial charge in [0.2, 0.25) is 11.8 Å². The molecule has 3 amide bonds. The summed E-state index contributed by atoms with van der Waals surface area (Å²) in [5.41, 5.74) is 11.7. The van der Waals surface area contributed by atoms with Crippen LogP contribution in [0.15, 0.2) is 91.0 Å². The molecular weight excluding hydrogens is 629 g/mol. The van der Waals surface area contributed by atoms with Crippen molar-refractivity contribution >= 4 is 46.6 Å². The number of halogens is 2. The van der Waals surface area contributed by atoms with Gasteiger partial charge >= 0.3 is 0 Å². The fourth-order valence-corrected chi connectivity index (χ4v) is 7.08. The summed E-state index contributed by atoms with van der Waals surface area (Å²) in [4.78, 5) is 43.4. The van der Waals surface area contributed by atoms with Crippen LogP contribution in [0.5, 0.6) is 0 Å². The molecule has 0 spiro atoms. The molecule has 0 saturated carbocycles. The van der Waals surface area contributed by atoms with Crippen molar-refractivity contribution in [2.24, 2.45) is 23.5 Å². The Kier molecular flexibility index (Phi) is 11.1. The average molecular weight is 671 g/mol. The normalized spacial score (nSPS) is 15.4. The quantitative estimate of drug-likeness (QED) is 0.158. The second-order valence-electron chi connectivity index (χ2n) is 12.7. The van der Waals surface area contributed by atoms with Gasteiger partial charge in [-0.05, 0) is 65.3 Å². The second-order valence-corrected chi connectivity index (χ2v) is 13.5. The summed E-state index contributed by atoms with van der Waals surface area (Å²) in [6, 6.07) is 27.8. The monoisotopic (exact) mass is 669 g/mol. The molecule has 0 saturated heterocycles. The lowest BCUT2D eigenvalue weighted by Gasteiger charge is -2.30. The van der Waals surface area contributed by atoms with Crippen LogP contribution in [0.1, 0.15) is 63.6 Å². The highest BCUT2D eigenvalue weighted by molar-refractivity contribution is 6.36. The Labute approximate surface area is 287 Å². The van der Waals surface area contributed by atoms with Gasteiger partial charge < -0.3 is 16.0 Å². The van der Waals surface area contributed by atoms with Crippen LogP contribution in [0.4, 0.5) is 5.69 Å². The third kappa shape index (κ3) is 7.72. The Bertz CT molecular complexity index is 1770. The van der Waals surface area contributed by atoms with E-state index in [0.717, 1.165) is 46.3 Å². The number of nitrogens with two attached hydrogens (primary N) is 1. The number of para-hydroxylation sites is 1. The lowest BCUT2D eigenvalue weighted by Crippen LogP contribution is -2.47. The molecular formula is C39H41Cl2N3O3. The molecule has 1 heterocycles. The predicted octanol–water partition coefficient (Wildman–Crippen LogP) is 8.99. The maximum atomic E-state index is 14.8. The molecule has 3 atom stereocenters. The number of hydrogen-bond donors (Lipinski definition) is 2. The number of hydrogen-bond acceptors (Lipinski definition) is 3. The minimum Gasteiger partial charge on any atom is -0.369 e. The molecule has 0 aliphatic carbocycles. The van der Waals surface area contributed by atoms with E-state index in [1.807, 2.05) is 99.6 Å². The Morgan fingerprint density at radius 1 is 0.872 bits per heavy atom. The topological polar surface area (TPSA) is 92.5 Å². The molecule has 5 rings (SSSR count). The number of nitrogens with zero attached hydrogens (tertiary/aromatic N) is 1. The highest BCUT2D eigenvalue weighted by atomic mass is 35.5. The van der Waals surface area contributed by atoms with E-state index in [9.17, 15) is 14.4 Å². The first-order valence-corrected chi connectivity index (χ1v) is 17.0. The van der Waals surface area contributed by atoms with E-state index in [-0.39, 0.29) is 24.3 Å².